The SMILES string of the molecule is C[C@H](N)c1ccc(OCCCS(C)(=O)=O)cc1. The minimum absolute atomic E-state index is 0.00860. The van der Waals surface area contributed by atoms with Crippen molar-refractivity contribution in [2.24, 2.45) is 5.73 Å². The van der Waals surface area contributed by atoms with E-state index in [0.29, 0.717) is 13.0 Å². The van der Waals surface area contributed by atoms with E-state index in [-0.39, 0.29) is 11.8 Å². The van der Waals surface area contributed by atoms with Crippen LogP contribution in [0, 0.1) is 0 Å². The smallest absolute Gasteiger partial charge is 0.147 e. The minimum Gasteiger partial charge on any atom is -0.494 e. The fourth-order valence-corrected chi connectivity index (χ4v) is 2.02. The van der Waals surface area contributed by atoms with E-state index in [9.17, 15) is 8.42 Å². The predicted molar refractivity (Wildman–Crippen MR) is 68.9 cm³/mol. The molecule has 0 radical (unpaired) electrons. The van der Waals surface area contributed by atoms with Gasteiger partial charge in [-0.05, 0) is 31.0 Å². The lowest BCUT2D eigenvalue weighted by Crippen LogP contribution is -2.08. The summed E-state index contributed by atoms with van der Waals surface area (Å²) in [6.07, 6.45) is 1.73. The lowest BCUT2D eigenvalue weighted by molar-refractivity contribution is 0.317. The van der Waals surface area contributed by atoms with Gasteiger partial charge in [0.2, 0.25) is 0 Å². The lowest BCUT2D eigenvalue weighted by Gasteiger charge is -2.08. The first-order valence-corrected chi connectivity index (χ1v) is 7.60. The van der Waals surface area contributed by atoms with Crippen molar-refractivity contribution in [3.05, 3.63) is 29.8 Å². The van der Waals surface area contributed by atoms with Crippen LogP contribution in [0.2, 0.25) is 0 Å². The number of hydrogen-bond acceptors (Lipinski definition) is 4. The van der Waals surface area contributed by atoms with Crippen molar-refractivity contribution in [2.75, 3.05) is 18.6 Å². The Balaban J connectivity index is 2.37. The van der Waals surface area contributed by atoms with Crippen molar-refractivity contribution >= 4 is 9.84 Å². The van der Waals surface area contributed by atoms with E-state index in [0.717, 1.165) is 11.3 Å². The van der Waals surface area contributed by atoms with Gasteiger partial charge in [-0.15, -0.1) is 0 Å². The second-order valence-electron chi connectivity index (χ2n) is 4.19. The van der Waals surface area contributed by atoms with E-state index < -0.39 is 9.84 Å². The van der Waals surface area contributed by atoms with Crippen LogP contribution in [0.15, 0.2) is 24.3 Å². The van der Waals surface area contributed by atoms with Crippen molar-refractivity contribution in [1.82, 2.24) is 0 Å². The van der Waals surface area contributed by atoms with Gasteiger partial charge in [0.05, 0.1) is 12.4 Å². The first-order chi connectivity index (χ1) is 7.88. The molecule has 5 heteroatoms. The summed E-state index contributed by atoms with van der Waals surface area (Å²) in [5.41, 5.74) is 6.78. The van der Waals surface area contributed by atoms with Crippen LogP contribution in [0.25, 0.3) is 0 Å². The molecule has 1 aromatic carbocycles. The largest absolute Gasteiger partial charge is 0.494 e. The molecule has 0 unspecified atom stereocenters. The molecule has 2 N–H and O–H groups in total. The Morgan fingerprint density at radius 2 is 1.88 bits per heavy atom. The molecule has 0 fully saturated rings. The van der Waals surface area contributed by atoms with Gasteiger partial charge in [0.15, 0.2) is 0 Å². The second-order valence-corrected chi connectivity index (χ2v) is 6.45. The number of nitrogens with two attached hydrogens (primary N) is 1. The van der Waals surface area contributed by atoms with E-state index in [1.54, 1.807) is 0 Å². The highest BCUT2D eigenvalue weighted by Gasteiger charge is 2.02. The maximum absolute atomic E-state index is 10.9. The zero-order valence-electron chi connectivity index (χ0n) is 10.2. The van der Waals surface area contributed by atoms with Crippen LogP contribution in [0.4, 0.5) is 0 Å². The molecule has 96 valence electrons. The molecule has 4 nitrogen and oxygen atoms in total. The minimum atomic E-state index is -2.89. The van der Waals surface area contributed by atoms with Crippen LogP contribution in [0.3, 0.4) is 0 Å². The molecule has 0 amide bonds. The van der Waals surface area contributed by atoms with Crippen molar-refractivity contribution in [1.29, 1.82) is 0 Å². The standard InChI is InChI=1S/C12H19NO3S/c1-10(13)11-4-6-12(7-5-11)16-8-3-9-17(2,14)15/h4-7,10H,3,8-9,13H2,1-2H3/t10-/m0/s1. The summed E-state index contributed by atoms with van der Waals surface area (Å²) in [7, 11) is -2.89. The molecule has 0 aliphatic heterocycles. The van der Waals surface area contributed by atoms with E-state index in [2.05, 4.69) is 0 Å². The van der Waals surface area contributed by atoms with Gasteiger partial charge in [-0.25, -0.2) is 8.42 Å². The average molecular weight is 257 g/mol. The summed E-state index contributed by atoms with van der Waals surface area (Å²) in [4.78, 5) is 0. The Morgan fingerprint density at radius 3 is 2.35 bits per heavy atom. The first kappa shape index (κ1) is 14.0. The molecule has 0 bridgehead atoms. The quantitative estimate of drug-likeness (QED) is 0.784. The maximum Gasteiger partial charge on any atom is 0.147 e. The van der Waals surface area contributed by atoms with Crippen LogP contribution in [0.1, 0.15) is 24.9 Å². The van der Waals surface area contributed by atoms with Crippen molar-refractivity contribution in [2.45, 2.75) is 19.4 Å². The monoisotopic (exact) mass is 257 g/mol. The zero-order valence-corrected chi connectivity index (χ0v) is 11.0. The van der Waals surface area contributed by atoms with Crippen molar-refractivity contribution < 1.29 is 13.2 Å². The number of ether oxygens (including phenoxy) is 1. The summed E-state index contributed by atoms with van der Waals surface area (Å²) < 4.78 is 27.2. The molecule has 0 aromatic heterocycles. The molecule has 0 spiro atoms. The molecule has 1 rings (SSSR count). The van der Waals surface area contributed by atoms with Gasteiger partial charge in [0.25, 0.3) is 0 Å². The summed E-state index contributed by atoms with van der Waals surface area (Å²) in [6.45, 7) is 2.33. The Labute approximate surface area is 103 Å². The number of hydrogen-bond donors (Lipinski definition) is 1. The molecule has 1 aromatic rings. The highest BCUT2D eigenvalue weighted by Crippen LogP contribution is 2.16. The van der Waals surface area contributed by atoms with Crippen molar-refractivity contribution in [3.8, 4) is 5.75 Å². The number of benzene rings is 1. The van der Waals surface area contributed by atoms with Crippen LogP contribution < -0.4 is 10.5 Å². The Morgan fingerprint density at radius 1 is 1.29 bits per heavy atom. The van der Waals surface area contributed by atoms with Crippen LogP contribution in [0.5, 0.6) is 5.75 Å². The Hall–Kier alpha value is -1.07. The highest BCUT2D eigenvalue weighted by atomic mass is 32.2. The van der Waals surface area contributed by atoms with Crippen LogP contribution >= 0.6 is 0 Å². The summed E-state index contributed by atoms with van der Waals surface area (Å²) in [6, 6.07) is 7.53. The third kappa shape index (κ3) is 5.70. The van der Waals surface area contributed by atoms with Crippen LogP contribution in [-0.2, 0) is 9.84 Å². The van der Waals surface area contributed by atoms with E-state index in [1.165, 1.54) is 6.26 Å². The first-order valence-electron chi connectivity index (χ1n) is 5.54. The summed E-state index contributed by atoms with van der Waals surface area (Å²) in [5, 5.41) is 0. The third-order valence-electron chi connectivity index (χ3n) is 2.33. The highest BCUT2D eigenvalue weighted by molar-refractivity contribution is 7.90. The third-order valence-corrected chi connectivity index (χ3v) is 3.36. The van der Waals surface area contributed by atoms with Crippen LogP contribution in [-0.4, -0.2) is 27.0 Å². The lowest BCUT2D eigenvalue weighted by atomic mass is 10.1. The Kier molecular flexibility index (Phi) is 4.96. The molecule has 0 aliphatic rings. The van der Waals surface area contributed by atoms with Gasteiger partial charge < -0.3 is 10.5 Å². The predicted octanol–water partition coefficient (Wildman–Crippen LogP) is 1.52. The van der Waals surface area contributed by atoms with Gasteiger partial charge in [-0.1, -0.05) is 12.1 Å². The van der Waals surface area contributed by atoms with Crippen molar-refractivity contribution in [3.63, 3.8) is 0 Å². The molecular formula is C12H19NO3S. The molecular weight excluding hydrogens is 238 g/mol. The summed E-state index contributed by atoms with van der Waals surface area (Å²) >= 11 is 0. The maximum atomic E-state index is 10.9. The van der Waals surface area contributed by atoms with Gasteiger partial charge in [0.1, 0.15) is 15.6 Å². The van der Waals surface area contributed by atoms with Gasteiger partial charge in [0, 0.05) is 12.3 Å². The van der Waals surface area contributed by atoms with Gasteiger partial charge in [-0.3, -0.25) is 0 Å². The average Bonchev–Trinajstić information content (AvgIpc) is 2.24. The topological polar surface area (TPSA) is 69.4 Å². The van der Waals surface area contributed by atoms with E-state index in [4.69, 9.17) is 10.5 Å². The fourth-order valence-electron chi connectivity index (χ4n) is 1.38. The molecule has 17 heavy (non-hydrogen) atoms. The van der Waals surface area contributed by atoms with Gasteiger partial charge >= 0.3 is 0 Å². The molecule has 0 saturated heterocycles. The van der Waals surface area contributed by atoms with Gasteiger partial charge in [-0.2, -0.15) is 0 Å². The normalized spacial score (nSPS) is 13.4. The van der Waals surface area contributed by atoms with E-state index in [1.807, 2.05) is 31.2 Å². The molecule has 0 aliphatic carbocycles. The molecule has 1 atom stereocenters. The Bertz CT molecular complexity index is 437. The zero-order chi connectivity index (χ0) is 12.9. The molecule has 0 heterocycles. The fraction of sp³-hybridized carbons (Fsp3) is 0.500. The number of rotatable bonds is 6. The number of sulfone groups is 1. The summed E-state index contributed by atoms with van der Waals surface area (Å²) in [5.74, 6) is 0.896. The molecule has 0 saturated carbocycles. The van der Waals surface area contributed by atoms with E-state index >= 15 is 0 Å². The second kappa shape index (κ2) is 6.02.